The molecule has 9 N–H and O–H groups in total. The Bertz CT molecular complexity index is 3780. The van der Waals surface area contributed by atoms with Crippen LogP contribution in [0.25, 0.3) is 16.3 Å². The number of alkyl halides is 1. The highest BCUT2D eigenvalue weighted by Gasteiger charge is 2.60. The second-order valence-electron chi connectivity index (χ2n) is 24.5. The third-order valence-corrected chi connectivity index (χ3v) is 18.4. The van der Waals surface area contributed by atoms with Gasteiger partial charge in [-0.2, -0.15) is 0 Å². The summed E-state index contributed by atoms with van der Waals surface area (Å²) in [6.07, 6.45) is 7.01. The minimum atomic E-state index is -1.14. The van der Waals surface area contributed by atoms with Gasteiger partial charge in [0.25, 0.3) is 11.8 Å². The molecule has 0 radical (unpaired) electrons. The summed E-state index contributed by atoms with van der Waals surface area (Å²) in [5.41, 5.74) is 6.32. The van der Waals surface area contributed by atoms with E-state index in [0.29, 0.717) is 65.9 Å². The number of aromatic hydroxyl groups is 1. The predicted octanol–water partition coefficient (Wildman–Crippen LogP) is 4.95. The number of halogens is 1. The van der Waals surface area contributed by atoms with E-state index in [-0.39, 0.29) is 85.4 Å². The van der Waals surface area contributed by atoms with E-state index in [1.807, 2.05) is 48.4 Å². The number of carboxylic acid groups (broad SMARTS) is 1. The number of phenolic OH excluding ortho intramolecular Hbond substituents is 1. The van der Waals surface area contributed by atoms with Crippen molar-refractivity contribution in [3.63, 3.8) is 0 Å². The van der Waals surface area contributed by atoms with Crippen molar-refractivity contribution in [1.29, 1.82) is 0 Å². The standard InChI is InChI=1S/C67H73ClN10O14/c1-37-7-6-10-46-52(79)23-51-61(60(37)46)43(27-68)34-78(51)66(89)48-26-67(24-42(48)25-67)35-91-54-22-49-47(21-53(54)90-2)65(88)77-33-41(20-45(77)28-70-49)39-13-15-44(16-14-39)75-64(87)62(40-11-12-40)92-36-74-57(82)30-73-63(86)50(19-38-8-4-3-5-9-38)76-58(83)31-72-56(81)29-71-55(80)17-18-69-32-59(84)85/h3-10,13-16,21-23,28,33,40,42-43,45,48,50,62,69,79H,11-12,17-20,24-27,29-32,34-36H2,1-2H3,(H,71,80)(H,72,81)(H,73,86)(H,74,82)(H,75,87)(H,76,83)(H,84,85)/t42?,43-,45+,48?,50+,62+,67?/m1/s1. The fourth-order valence-electron chi connectivity index (χ4n) is 13.2. The van der Waals surface area contributed by atoms with Crippen molar-refractivity contribution < 1.29 is 67.6 Å². The number of carboxylic acids is 1. The Hall–Kier alpha value is -9.39. The summed E-state index contributed by atoms with van der Waals surface area (Å²) < 4.78 is 18.2. The molecule has 3 aliphatic heterocycles. The normalized spacial score (nSPS) is 20.5. The zero-order valence-corrected chi connectivity index (χ0v) is 51.6. The Kier molecular flexibility index (Phi) is 19.5. The largest absolute Gasteiger partial charge is 0.507 e. The van der Waals surface area contributed by atoms with Gasteiger partial charge in [0.2, 0.25) is 35.4 Å². The lowest BCUT2D eigenvalue weighted by atomic mass is 9.70. The molecule has 5 aromatic rings. The summed E-state index contributed by atoms with van der Waals surface area (Å²) in [4.78, 5) is 125. The quantitative estimate of drug-likeness (QED) is 0.0182. The molecule has 24 nitrogen and oxygen atoms in total. The van der Waals surface area contributed by atoms with Crippen molar-refractivity contribution in [2.45, 2.75) is 82.4 Å². The number of carbonyl (C=O) groups excluding carboxylic acids is 8. The molecule has 482 valence electrons. The summed E-state index contributed by atoms with van der Waals surface area (Å²) in [7, 11) is 1.53. The monoisotopic (exact) mass is 1280 g/mol. The maximum atomic E-state index is 14.5. The van der Waals surface area contributed by atoms with Crippen LogP contribution in [0.4, 0.5) is 17.1 Å². The second kappa shape index (κ2) is 28.0. The van der Waals surface area contributed by atoms with E-state index in [1.165, 1.54) is 7.11 Å². The zero-order chi connectivity index (χ0) is 64.8. The molecule has 4 fully saturated rings. The highest BCUT2D eigenvalue weighted by Crippen LogP contribution is 2.63. The Morgan fingerprint density at radius 1 is 0.815 bits per heavy atom. The molecule has 92 heavy (non-hydrogen) atoms. The van der Waals surface area contributed by atoms with Gasteiger partial charge >= 0.3 is 5.97 Å². The molecule has 2 bridgehead atoms. The maximum Gasteiger partial charge on any atom is 0.317 e. The number of nitrogens with zero attached hydrogens (tertiary/aromatic N) is 3. The van der Waals surface area contributed by atoms with Gasteiger partial charge in [0.15, 0.2) is 11.5 Å². The lowest BCUT2D eigenvalue weighted by Crippen LogP contribution is -2.52. The van der Waals surface area contributed by atoms with Crippen molar-refractivity contribution in [2.24, 2.45) is 28.2 Å². The number of aryl methyl sites for hydroxylation is 1. The van der Waals surface area contributed by atoms with E-state index in [4.69, 9.17) is 35.9 Å². The van der Waals surface area contributed by atoms with Crippen LogP contribution in [0.5, 0.6) is 17.2 Å². The number of fused-ring (bicyclic) bond motifs is 6. The fourth-order valence-corrected chi connectivity index (χ4v) is 13.5. The lowest BCUT2D eigenvalue weighted by Gasteiger charge is -2.38. The molecule has 0 saturated heterocycles. The van der Waals surface area contributed by atoms with Gasteiger partial charge in [0.05, 0.1) is 62.9 Å². The van der Waals surface area contributed by atoms with Gasteiger partial charge in [-0.05, 0) is 102 Å². The summed E-state index contributed by atoms with van der Waals surface area (Å²) in [6, 6.07) is 25.5. The van der Waals surface area contributed by atoms with Gasteiger partial charge < -0.3 is 71.4 Å². The Morgan fingerprint density at radius 2 is 1.55 bits per heavy atom. The van der Waals surface area contributed by atoms with Gasteiger partial charge in [0, 0.05) is 91.1 Å². The molecule has 3 heterocycles. The zero-order valence-electron chi connectivity index (χ0n) is 50.9. The fraction of sp³-hybridized carbons (Fsp3) is 0.403. The van der Waals surface area contributed by atoms with Crippen LogP contribution in [0.2, 0.25) is 0 Å². The van der Waals surface area contributed by atoms with Gasteiger partial charge in [-0.1, -0.05) is 60.7 Å². The number of amides is 8. The van der Waals surface area contributed by atoms with Crippen LogP contribution < -0.4 is 51.6 Å². The van der Waals surface area contributed by atoms with Gasteiger partial charge in [0.1, 0.15) is 24.6 Å². The summed E-state index contributed by atoms with van der Waals surface area (Å²) >= 11 is 6.55. The number of nitrogens with one attached hydrogen (secondary N) is 7. The number of anilines is 2. The van der Waals surface area contributed by atoms with E-state index in [1.54, 1.807) is 71.8 Å². The first-order valence-corrected chi connectivity index (χ1v) is 31.3. The van der Waals surface area contributed by atoms with Crippen LogP contribution in [-0.2, 0) is 49.5 Å². The minimum Gasteiger partial charge on any atom is -0.507 e. The second-order valence-corrected chi connectivity index (χ2v) is 24.8. The Morgan fingerprint density at radius 3 is 2.29 bits per heavy atom. The molecular formula is C67H73ClN10O14. The van der Waals surface area contributed by atoms with Crippen LogP contribution in [0.3, 0.4) is 0 Å². The molecule has 0 aromatic heterocycles. The minimum absolute atomic E-state index is 0.0544. The third kappa shape index (κ3) is 14.5. The van der Waals surface area contributed by atoms with E-state index in [9.17, 15) is 48.3 Å². The average molecular weight is 1280 g/mol. The number of methoxy groups -OCH3 is 1. The number of rotatable bonds is 28. The molecule has 12 rings (SSSR count). The molecule has 1 unspecified atom stereocenters. The molecule has 5 atom stereocenters. The van der Waals surface area contributed by atoms with Crippen LogP contribution in [-0.4, -0.2) is 158 Å². The third-order valence-electron chi connectivity index (χ3n) is 18.0. The molecule has 25 heteroatoms. The number of benzene rings is 5. The maximum absolute atomic E-state index is 14.5. The van der Waals surface area contributed by atoms with Gasteiger partial charge in [-0.15, -0.1) is 11.6 Å². The molecule has 8 amide bonds. The highest BCUT2D eigenvalue weighted by molar-refractivity contribution is 6.19. The molecule has 0 spiro atoms. The van der Waals surface area contributed by atoms with Crippen molar-refractivity contribution in [1.82, 2.24) is 36.8 Å². The van der Waals surface area contributed by atoms with Crippen molar-refractivity contribution in [2.75, 3.05) is 75.8 Å². The van der Waals surface area contributed by atoms with Crippen molar-refractivity contribution in [3.8, 4) is 17.2 Å². The highest BCUT2D eigenvalue weighted by atomic mass is 35.5. The van der Waals surface area contributed by atoms with Crippen LogP contribution in [0, 0.1) is 30.1 Å². The number of hydrogen-bond acceptors (Lipinski definition) is 15. The van der Waals surface area contributed by atoms with Crippen molar-refractivity contribution >= 4 is 104 Å². The number of carbonyl (C=O) groups is 9. The topological polar surface area (TPSA) is 325 Å². The number of aliphatic imine (C=N–C) groups is 1. The summed E-state index contributed by atoms with van der Waals surface area (Å²) in [5.74, 6) is -3.65. The molecule has 4 saturated carbocycles. The van der Waals surface area contributed by atoms with Crippen LogP contribution in [0.1, 0.15) is 83.5 Å². The first-order chi connectivity index (χ1) is 44.4. The predicted molar refractivity (Wildman–Crippen MR) is 341 cm³/mol. The van der Waals surface area contributed by atoms with E-state index >= 15 is 0 Å². The van der Waals surface area contributed by atoms with Crippen molar-refractivity contribution in [3.05, 3.63) is 125 Å². The lowest BCUT2D eigenvalue weighted by molar-refractivity contribution is -0.136. The van der Waals surface area contributed by atoms with Gasteiger partial charge in [-0.25, -0.2) is 0 Å². The SMILES string of the molecule is COc1cc2c(cc1OCC13CC(C1)C(C(=O)N1C[C@@H](CCl)c4c1cc(O)c1cccc(C)c41)C3)N=C[C@@H]1CC(c3ccc(NC(=O)[C@@H](OCNC(=O)CNC(=O)[C@H](Cc4ccccc4)NC(=O)CNC(=O)CNC(=O)CCNCC(=O)O)C4CC4)cc3)=CN1C2=O. The Balaban J connectivity index is 0.633. The number of hydrogen-bond donors (Lipinski definition) is 9. The van der Waals surface area contributed by atoms with Crippen LogP contribution >= 0.6 is 11.6 Å². The van der Waals surface area contributed by atoms with Crippen LogP contribution in [0.15, 0.2) is 102 Å². The first kappa shape index (κ1) is 64.2. The molecular weight excluding hydrogens is 1200 g/mol. The smallest absolute Gasteiger partial charge is 0.317 e. The average Bonchev–Trinajstić information content (AvgIpc) is 1.61. The summed E-state index contributed by atoms with van der Waals surface area (Å²) in [6.45, 7) is 0.834. The molecule has 7 aliphatic rings. The number of phenols is 1. The molecule has 4 aliphatic carbocycles. The summed E-state index contributed by atoms with van der Waals surface area (Å²) in [5, 5.41) is 39.4. The number of aliphatic carboxylic acids is 1. The van der Waals surface area contributed by atoms with E-state index in [2.05, 4.69) is 37.2 Å². The van der Waals surface area contributed by atoms with E-state index in [0.717, 1.165) is 64.4 Å². The number of ether oxygens (including phenoxy) is 3. The molecule has 5 aromatic carbocycles. The van der Waals surface area contributed by atoms with Gasteiger partial charge in [-0.3, -0.25) is 48.1 Å². The Labute approximate surface area is 535 Å². The first-order valence-electron chi connectivity index (χ1n) is 30.8. The van der Waals surface area contributed by atoms with E-state index < -0.39 is 73.2 Å².